The molecule has 2 N–H and O–H groups in total. The molecule has 6 nitrogen and oxygen atoms in total. The van der Waals surface area contributed by atoms with Gasteiger partial charge < -0.3 is 24.8 Å². The third kappa shape index (κ3) is 6.05. The monoisotopic (exact) mass is 491 g/mol. The first-order chi connectivity index (χ1) is 17.0. The number of ether oxygens (including phenoxy) is 3. The first kappa shape index (κ1) is 24.8. The van der Waals surface area contributed by atoms with Crippen molar-refractivity contribution in [2.24, 2.45) is 0 Å². The molecule has 0 saturated carbocycles. The number of rotatable bonds is 8. The number of aryl methyl sites for hydroxylation is 1. The molecular formula is C28H33N3O3S. The molecule has 1 aliphatic heterocycles. The van der Waals surface area contributed by atoms with Gasteiger partial charge in [-0.15, -0.1) is 0 Å². The van der Waals surface area contributed by atoms with E-state index in [0.29, 0.717) is 11.7 Å². The molecule has 0 aromatic heterocycles. The SMILES string of the molecule is COc1ccc(CN2CCc3cc(OC)c(OC)cc3[C@H]2CNC(=S)Nc2cccc(C)c2)cc1. The smallest absolute Gasteiger partial charge is 0.170 e. The lowest BCUT2D eigenvalue weighted by atomic mass is 9.91. The summed E-state index contributed by atoms with van der Waals surface area (Å²) in [6.07, 6.45) is 0.939. The van der Waals surface area contributed by atoms with Crippen molar-refractivity contribution in [1.82, 2.24) is 10.2 Å². The summed E-state index contributed by atoms with van der Waals surface area (Å²) in [7, 11) is 5.04. The van der Waals surface area contributed by atoms with Crippen molar-refractivity contribution in [2.45, 2.75) is 25.9 Å². The normalized spacial score (nSPS) is 15.1. The lowest BCUT2D eigenvalue weighted by Gasteiger charge is -2.38. The zero-order chi connectivity index (χ0) is 24.8. The Morgan fingerprint density at radius 3 is 2.40 bits per heavy atom. The van der Waals surface area contributed by atoms with Crippen LogP contribution in [0.2, 0.25) is 0 Å². The topological polar surface area (TPSA) is 55.0 Å². The highest BCUT2D eigenvalue weighted by Crippen LogP contribution is 2.38. The number of nitrogens with one attached hydrogen (secondary N) is 2. The maximum Gasteiger partial charge on any atom is 0.170 e. The quantitative estimate of drug-likeness (QED) is 0.425. The minimum atomic E-state index is 0.109. The standard InChI is InChI=1S/C28H33N3O3S/c1-19-6-5-7-22(14-19)30-28(35)29-17-25-24-16-27(34-4)26(33-3)15-21(24)12-13-31(25)18-20-8-10-23(32-2)11-9-20/h5-11,14-16,25H,12-13,17-18H2,1-4H3,(H2,29,30,35)/t25-/m1/s1. The molecule has 35 heavy (non-hydrogen) atoms. The van der Waals surface area contributed by atoms with Crippen molar-refractivity contribution in [3.05, 3.63) is 82.9 Å². The molecule has 0 bridgehead atoms. The minimum Gasteiger partial charge on any atom is -0.497 e. The predicted octanol–water partition coefficient (Wildman–Crippen LogP) is 5.11. The zero-order valence-electron chi connectivity index (χ0n) is 20.8. The third-order valence-corrected chi connectivity index (χ3v) is 6.64. The number of thiocarbonyl (C=S) groups is 1. The van der Waals surface area contributed by atoms with Gasteiger partial charge in [0.2, 0.25) is 0 Å². The van der Waals surface area contributed by atoms with Crippen LogP contribution in [-0.2, 0) is 13.0 Å². The van der Waals surface area contributed by atoms with Crippen LogP contribution in [0, 0.1) is 6.92 Å². The minimum absolute atomic E-state index is 0.109. The van der Waals surface area contributed by atoms with Gasteiger partial charge in [-0.25, -0.2) is 0 Å². The second kappa shape index (κ2) is 11.4. The molecule has 4 rings (SSSR count). The lowest BCUT2D eigenvalue weighted by molar-refractivity contribution is 0.176. The van der Waals surface area contributed by atoms with Gasteiger partial charge in [0.1, 0.15) is 5.75 Å². The first-order valence-electron chi connectivity index (χ1n) is 11.7. The second-order valence-corrected chi connectivity index (χ2v) is 9.10. The van der Waals surface area contributed by atoms with Gasteiger partial charge in [-0.3, -0.25) is 4.90 Å². The van der Waals surface area contributed by atoms with Crippen LogP contribution >= 0.6 is 12.2 Å². The Morgan fingerprint density at radius 1 is 0.971 bits per heavy atom. The summed E-state index contributed by atoms with van der Waals surface area (Å²) in [6.45, 7) is 4.48. The van der Waals surface area contributed by atoms with Crippen LogP contribution in [0.4, 0.5) is 5.69 Å². The van der Waals surface area contributed by atoms with Gasteiger partial charge in [0.25, 0.3) is 0 Å². The summed E-state index contributed by atoms with van der Waals surface area (Å²) >= 11 is 5.63. The Labute approximate surface area is 213 Å². The van der Waals surface area contributed by atoms with Gasteiger partial charge in [0.05, 0.1) is 27.4 Å². The highest BCUT2D eigenvalue weighted by Gasteiger charge is 2.29. The van der Waals surface area contributed by atoms with Crippen LogP contribution < -0.4 is 24.8 Å². The highest BCUT2D eigenvalue weighted by molar-refractivity contribution is 7.80. The van der Waals surface area contributed by atoms with Gasteiger partial charge in [0, 0.05) is 25.3 Å². The van der Waals surface area contributed by atoms with Gasteiger partial charge >= 0.3 is 0 Å². The molecule has 1 atom stereocenters. The number of hydrogen-bond acceptors (Lipinski definition) is 5. The number of methoxy groups -OCH3 is 3. The van der Waals surface area contributed by atoms with Crippen LogP contribution in [0.15, 0.2) is 60.7 Å². The van der Waals surface area contributed by atoms with Crippen LogP contribution in [0.1, 0.15) is 28.3 Å². The molecular weight excluding hydrogens is 458 g/mol. The molecule has 3 aromatic carbocycles. The Balaban J connectivity index is 1.56. The maximum absolute atomic E-state index is 5.63. The molecule has 7 heteroatoms. The summed E-state index contributed by atoms with van der Waals surface area (Å²) in [5.74, 6) is 2.36. The summed E-state index contributed by atoms with van der Waals surface area (Å²) in [5, 5.41) is 7.36. The lowest BCUT2D eigenvalue weighted by Crippen LogP contribution is -2.42. The van der Waals surface area contributed by atoms with Crippen molar-refractivity contribution >= 4 is 23.0 Å². The van der Waals surface area contributed by atoms with E-state index in [1.807, 2.05) is 24.3 Å². The molecule has 0 fully saturated rings. The van der Waals surface area contributed by atoms with Crippen molar-refractivity contribution in [3.8, 4) is 17.2 Å². The summed E-state index contributed by atoms with van der Waals surface area (Å²) in [4.78, 5) is 2.48. The molecule has 0 amide bonds. The molecule has 0 saturated heterocycles. The van der Waals surface area contributed by atoms with Crippen molar-refractivity contribution < 1.29 is 14.2 Å². The van der Waals surface area contributed by atoms with E-state index in [1.54, 1.807) is 21.3 Å². The van der Waals surface area contributed by atoms with E-state index in [0.717, 1.165) is 42.4 Å². The fourth-order valence-electron chi connectivity index (χ4n) is 4.56. The van der Waals surface area contributed by atoms with Crippen molar-refractivity contribution in [2.75, 3.05) is 39.7 Å². The van der Waals surface area contributed by atoms with Gasteiger partial charge in [0.15, 0.2) is 16.6 Å². The van der Waals surface area contributed by atoms with Crippen LogP contribution in [0.5, 0.6) is 17.2 Å². The second-order valence-electron chi connectivity index (χ2n) is 8.69. The van der Waals surface area contributed by atoms with Crippen molar-refractivity contribution in [3.63, 3.8) is 0 Å². The molecule has 0 spiro atoms. The number of benzene rings is 3. The Morgan fingerprint density at radius 2 is 1.71 bits per heavy atom. The Bertz CT molecular complexity index is 1170. The molecule has 1 heterocycles. The van der Waals surface area contributed by atoms with E-state index in [1.165, 1.54) is 22.3 Å². The number of fused-ring (bicyclic) bond motifs is 1. The molecule has 1 aliphatic rings. The summed E-state index contributed by atoms with van der Waals surface area (Å²) < 4.78 is 16.5. The average Bonchev–Trinajstić information content (AvgIpc) is 2.87. The van der Waals surface area contributed by atoms with E-state index >= 15 is 0 Å². The molecule has 184 valence electrons. The number of anilines is 1. The Kier molecular flexibility index (Phi) is 8.10. The Hall–Kier alpha value is -3.29. The predicted molar refractivity (Wildman–Crippen MR) is 145 cm³/mol. The van der Waals surface area contributed by atoms with E-state index < -0.39 is 0 Å². The van der Waals surface area contributed by atoms with Gasteiger partial charge in [-0.05, 0) is 84.2 Å². The van der Waals surface area contributed by atoms with E-state index in [2.05, 4.69) is 58.9 Å². The maximum atomic E-state index is 5.63. The number of nitrogens with zero attached hydrogens (tertiary/aromatic N) is 1. The fourth-order valence-corrected chi connectivity index (χ4v) is 4.76. The average molecular weight is 492 g/mol. The molecule has 0 aliphatic carbocycles. The molecule has 0 unspecified atom stereocenters. The van der Waals surface area contributed by atoms with Crippen LogP contribution in [-0.4, -0.2) is 44.4 Å². The third-order valence-electron chi connectivity index (χ3n) is 6.39. The number of hydrogen-bond donors (Lipinski definition) is 2. The molecule has 0 radical (unpaired) electrons. The molecule has 3 aromatic rings. The highest BCUT2D eigenvalue weighted by atomic mass is 32.1. The van der Waals surface area contributed by atoms with Crippen LogP contribution in [0.3, 0.4) is 0 Å². The van der Waals surface area contributed by atoms with E-state index in [9.17, 15) is 0 Å². The van der Waals surface area contributed by atoms with Gasteiger partial charge in [-0.2, -0.15) is 0 Å². The van der Waals surface area contributed by atoms with Crippen molar-refractivity contribution in [1.29, 1.82) is 0 Å². The summed E-state index contributed by atoms with van der Waals surface area (Å²) in [6, 6.07) is 20.8. The van der Waals surface area contributed by atoms with Crippen LogP contribution in [0.25, 0.3) is 0 Å². The van der Waals surface area contributed by atoms with Gasteiger partial charge in [-0.1, -0.05) is 24.3 Å². The van der Waals surface area contributed by atoms with E-state index in [4.69, 9.17) is 26.4 Å². The van der Waals surface area contributed by atoms with E-state index in [-0.39, 0.29) is 6.04 Å². The largest absolute Gasteiger partial charge is 0.497 e. The summed E-state index contributed by atoms with van der Waals surface area (Å²) in [5.41, 5.74) is 5.91. The first-order valence-corrected chi connectivity index (χ1v) is 12.1. The fraction of sp³-hybridized carbons (Fsp3) is 0.321. The zero-order valence-corrected chi connectivity index (χ0v) is 21.6.